The van der Waals surface area contributed by atoms with Crippen molar-refractivity contribution in [3.05, 3.63) is 0 Å². The Morgan fingerprint density at radius 3 is 2.00 bits per heavy atom. The SMILES string of the molecule is CCNC(=NCC(C)CN1CCN(CC)CC1)N1CCN(C(C)C(F)(F)F)CC1.I. The number of nitrogens with one attached hydrogen (secondary N) is 1. The number of nitrogens with zero attached hydrogens (tertiary/aromatic N) is 5. The predicted molar refractivity (Wildman–Crippen MR) is 128 cm³/mol. The van der Waals surface area contributed by atoms with Crippen LogP contribution >= 0.6 is 24.0 Å². The average Bonchev–Trinajstić information content (AvgIpc) is 2.70. The number of guanidine groups is 1. The minimum Gasteiger partial charge on any atom is -0.357 e. The van der Waals surface area contributed by atoms with Crippen molar-refractivity contribution in [3.8, 4) is 0 Å². The summed E-state index contributed by atoms with van der Waals surface area (Å²) in [5, 5.41) is 3.31. The molecule has 2 atom stereocenters. The summed E-state index contributed by atoms with van der Waals surface area (Å²) in [5.41, 5.74) is 0. The molecule has 0 aromatic heterocycles. The number of likely N-dealkylation sites (N-methyl/N-ethyl adjacent to an activating group) is 1. The van der Waals surface area contributed by atoms with Crippen LogP contribution in [-0.2, 0) is 0 Å². The van der Waals surface area contributed by atoms with Crippen LogP contribution in [0, 0.1) is 5.92 Å². The zero-order valence-electron chi connectivity index (χ0n) is 18.9. The Morgan fingerprint density at radius 1 is 0.933 bits per heavy atom. The highest BCUT2D eigenvalue weighted by Gasteiger charge is 2.41. The Hall–Kier alpha value is -0.330. The van der Waals surface area contributed by atoms with Crippen LogP contribution in [0.2, 0.25) is 0 Å². The second-order valence-electron chi connectivity index (χ2n) is 8.28. The lowest BCUT2D eigenvalue weighted by Crippen LogP contribution is -2.56. The van der Waals surface area contributed by atoms with Crippen LogP contribution in [0.5, 0.6) is 0 Å². The Labute approximate surface area is 197 Å². The Kier molecular flexibility index (Phi) is 12.3. The van der Waals surface area contributed by atoms with Gasteiger partial charge in [-0.25, -0.2) is 0 Å². The fourth-order valence-corrected chi connectivity index (χ4v) is 3.98. The van der Waals surface area contributed by atoms with Crippen LogP contribution in [0.1, 0.15) is 27.7 Å². The molecule has 2 aliphatic rings. The van der Waals surface area contributed by atoms with Gasteiger partial charge in [0.1, 0.15) is 6.04 Å². The smallest absolute Gasteiger partial charge is 0.357 e. The molecule has 0 aromatic carbocycles. The number of hydrogen-bond donors (Lipinski definition) is 1. The van der Waals surface area contributed by atoms with E-state index in [1.54, 1.807) is 0 Å². The zero-order chi connectivity index (χ0) is 21.4. The predicted octanol–water partition coefficient (Wildman–Crippen LogP) is 2.41. The van der Waals surface area contributed by atoms with Crippen molar-refractivity contribution in [3.63, 3.8) is 0 Å². The third kappa shape index (κ3) is 8.66. The average molecular weight is 548 g/mol. The molecular formula is C20H40F3IN6. The molecule has 0 aliphatic carbocycles. The molecule has 2 heterocycles. The molecule has 2 fully saturated rings. The highest BCUT2D eigenvalue weighted by atomic mass is 127. The molecule has 0 aromatic rings. The second-order valence-corrected chi connectivity index (χ2v) is 8.28. The van der Waals surface area contributed by atoms with E-state index >= 15 is 0 Å². The highest BCUT2D eigenvalue weighted by Crippen LogP contribution is 2.25. The molecule has 0 amide bonds. The van der Waals surface area contributed by atoms with E-state index < -0.39 is 12.2 Å². The normalized spacial score (nSPS) is 22.5. The largest absolute Gasteiger partial charge is 0.403 e. The second kappa shape index (κ2) is 13.3. The molecule has 6 nitrogen and oxygen atoms in total. The lowest BCUT2D eigenvalue weighted by Gasteiger charge is -2.39. The highest BCUT2D eigenvalue weighted by molar-refractivity contribution is 14.0. The van der Waals surface area contributed by atoms with Crippen LogP contribution in [0.3, 0.4) is 0 Å². The molecule has 2 saturated heterocycles. The Balaban J connectivity index is 0.00000450. The van der Waals surface area contributed by atoms with Crippen LogP contribution in [0.15, 0.2) is 4.99 Å². The summed E-state index contributed by atoms with van der Waals surface area (Å²) in [6.45, 7) is 17.8. The van der Waals surface area contributed by atoms with Crippen molar-refractivity contribution < 1.29 is 13.2 Å². The van der Waals surface area contributed by atoms with Gasteiger partial charge in [0.2, 0.25) is 0 Å². The number of halogens is 4. The number of alkyl halides is 3. The maximum atomic E-state index is 13.0. The van der Waals surface area contributed by atoms with Crippen molar-refractivity contribution in [1.82, 2.24) is 24.9 Å². The van der Waals surface area contributed by atoms with E-state index in [0.29, 0.717) is 32.1 Å². The maximum Gasteiger partial charge on any atom is 0.403 e. The van der Waals surface area contributed by atoms with Crippen molar-refractivity contribution in [1.29, 1.82) is 0 Å². The van der Waals surface area contributed by atoms with Gasteiger partial charge >= 0.3 is 6.18 Å². The standard InChI is InChI=1S/C20H39F3N6.HI/c1-5-24-19(29-13-11-28(12-14-29)18(4)20(21,22)23)25-15-17(3)16-27-9-7-26(6-2)8-10-27;/h17-18H,5-16H2,1-4H3,(H,24,25);1H. The molecule has 30 heavy (non-hydrogen) atoms. The third-order valence-electron chi connectivity index (χ3n) is 6.00. The van der Waals surface area contributed by atoms with Crippen molar-refractivity contribution >= 4 is 29.9 Å². The fraction of sp³-hybridized carbons (Fsp3) is 0.950. The lowest BCUT2D eigenvalue weighted by atomic mass is 10.1. The van der Waals surface area contributed by atoms with E-state index in [1.807, 2.05) is 6.92 Å². The van der Waals surface area contributed by atoms with Gasteiger partial charge in [0.05, 0.1) is 0 Å². The van der Waals surface area contributed by atoms with Crippen LogP contribution in [0.25, 0.3) is 0 Å². The summed E-state index contributed by atoms with van der Waals surface area (Å²) in [7, 11) is 0. The summed E-state index contributed by atoms with van der Waals surface area (Å²) in [6.07, 6.45) is -4.17. The van der Waals surface area contributed by atoms with E-state index in [0.717, 1.165) is 58.3 Å². The number of piperazine rings is 2. The van der Waals surface area contributed by atoms with Crippen LogP contribution in [-0.4, -0.2) is 116 Å². The van der Waals surface area contributed by atoms with Gasteiger partial charge in [0.15, 0.2) is 5.96 Å². The van der Waals surface area contributed by atoms with Crippen molar-refractivity contribution in [2.45, 2.75) is 39.9 Å². The summed E-state index contributed by atoms with van der Waals surface area (Å²) in [5.74, 6) is 1.28. The monoisotopic (exact) mass is 548 g/mol. The minimum absolute atomic E-state index is 0. The summed E-state index contributed by atoms with van der Waals surface area (Å²) >= 11 is 0. The van der Waals surface area contributed by atoms with Crippen molar-refractivity contribution in [2.24, 2.45) is 10.9 Å². The Bertz CT molecular complexity index is 503. The molecule has 10 heteroatoms. The molecule has 2 rings (SSSR count). The lowest BCUT2D eigenvalue weighted by molar-refractivity contribution is -0.181. The van der Waals surface area contributed by atoms with E-state index in [9.17, 15) is 13.2 Å². The molecule has 1 N–H and O–H groups in total. The molecule has 2 aliphatic heterocycles. The Morgan fingerprint density at radius 2 is 1.50 bits per heavy atom. The number of rotatable bonds is 7. The molecule has 0 saturated carbocycles. The summed E-state index contributed by atoms with van der Waals surface area (Å²) < 4.78 is 38.9. The maximum absolute atomic E-state index is 13.0. The van der Waals surface area contributed by atoms with Gasteiger partial charge in [-0.15, -0.1) is 24.0 Å². The van der Waals surface area contributed by atoms with E-state index in [1.165, 1.54) is 11.8 Å². The molecule has 2 unspecified atom stereocenters. The molecular weight excluding hydrogens is 508 g/mol. The summed E-state index contributed by atoms with van der Waals surface area (Å²) in [6, 6.07) is -1.39. The van der Waals surface area contributed by atoms with E-state index in [2.05, 4.69) is 33.9 Å². The number of hydrogen-bond acceptors (Lipinski definition) is 4. The minimum atomic E-state index is -4.17. The zero-order valence-corrected chi connectivity index (χ0v) is 21.2. The van der Waals surface area contributed by atoms with E-state index in [-0.39, 0.29) is 24.0 Å². The van der Waals surface area contributed by atoms with Gasteiger partial charge < -0.3 is 20.0 Å². The van der Waals surface area contributed by atoms with Gasteiger partial charge in [-0.3, -0.25) is 9.89 Å². The first-order valence-corrected chi connectivity index (χ1v) is 11.0. The first-order chi connectivity index (χ1) is 13.7. The quantitative estimate of drug-likeness (QED) is 0.301. The van der Waals surface area contributed by atoms with Gasteiger partial charge in [-0.1, -0.05) is 13.8 Å². The molecule has 0 spiro atoms. The molecule has 0 radical (unpaired) electrons. The van der Waals surface area contributed by atoms with E-state index in [4.69, 9.17) is 4.99 Å². The van der Waals surface area contributed by atoms with Gasteiger partial charge in [0, 0.05) is 72.0 Å². The van der Waals surface area contributed by atoms with Gasteiger partial charge in [0.25, 0.3) is 0 Å². The van der Waals surface area contributed by atoms with Gasteiger partial charge in [-0.05, 0) is 26.3 Å². The van der Waals surface area contributed by atoms with Crippen LogP contribution in [0.4, 0.5) is 13.2 Å². The van der Waals surface area contributed by atoms with Crippen LogP contribution < -0.4 is 5.32 Å². The third-order valence-corrected chi connectivity index (χ3v) is 6.00. The topological polar surface area (TPSA) is 37.4 Å². The summed E-state index contributed by atoms with van der Waals surface area (Å²) in [4.78, 5) is 13.4. The molecule has 178 valence electrons. The first-order valence-electron chi connectivity index (χ1n) is 11.0. The van der Waals surface area contributed by atoms with Gasteiger partial charge in [-0.2, -0.15) is 13.2 Å². The fourth-order valence-electron chi connectivity index (χ4n) is 3.98. The molecule has 0 bridgehead atoms. The van der Waals surface area contributed by atoms with Crippen molar-refractivity contribution in [2.75, 3.05) is 78.5 Å². The number of aliphatic imine (C=N–C) groups is 1. The first kappa shape index (κ1) is 27.7.